The van der Waals surface area contributed by atoms with Gasteiger partial charge in [-0.25, -0.2) is 4.39 Å². The zero-order valence-corrected chi connectivity index (χ0v) is 15.6. The van der Waals surface area contributed by atoms with Crippen molar-refractivity contribution in [3.63, 3.8) is 0 Å². The van der Waals surface area contributed by atoms with Gasteiger partial charge in [-0.05, 0) is 35.9 Å². The largest absolute Gasteiger partial charge is 0.493 e. The lowest BCUT2D eigenvalue weighted by atomic mass is 10.2. The zero-order chi connectivity index (χ0) is 19.6. The lowest BCUT2D eigenvalue weighted by Gasteiger charge is -2.08. The Balaban J connectivity index is 1.81. The molecule has 2 amide bonds. The Labute approximate surface area is 160 Å². The molecule has 0 aliphatic heterocycles. The van der Waals surface area contributed by atoms with Gasteiger partial charge in [-0.1, -0.05) is 18.2 Å². The van der Waals surface area contributed by atoms with Crippen LogP contribution in [0.1, 0.15) is 5.56 Å². The smallest absolute Gasteiger partial charge is 0.262 e. The summed E-state index contributed by atoms with van der Waals surface area (Å²) in [4.78, 5) is 23.9. The first-order valence-corrected chi connectivity index (χ1v) is 8.88. The highest BCUT2D eigenvalue weighted by atomic mass is 32.2. The van der Waals surface area contributed by atoms with Gasteiger partial charge in [0.1, 0.15) is 5.82 Å². The lowest BCUT2D eigenvalue weighted by molar-refractivity contribution is -0.125. The van der Waals surface area contributed by atoms with Gasteiger partial charge in [0.2, 0.25) is 5.91 Å². The Hall–Kier alpha value is -3.00. The van der Waals surface area contributed by atoms with Crippen molar-refractivity contribution in [2.45, 2.75) is 4.90 Å². The monoisotopic (exact) mass is 390 g/mol. The summed E-state index contributed by atoms with van der Waals surface area (Å²) < 4.78 is 23.8. The quantitative estimate of drug-likeness (QED) is 0.432. The number of methoxy groups -OCH3 is 2. The van der Waals surface area contributed by atoms with Crippen LogP contribution in [0.2, 0.25) is 0 Å². The summed E-state index contributed by atoms with van der Waals surface area (Å²) in [5.41, 5.74) is 5.26. The molecule has 0 spiro atoms. The van der Waals surface area contributed by atoms with Gasteiger partial charge in [-0.3, -0.25) is 20.4 Å². The summed E-state index contributed by atoms with van der Waals surface area (Å²) in [6, 6.07) is 11.4. The number of benzene rings is 2. The van der Waals surface area contributed by atoms with Crippen LogP contribution in [0, 0.1) is 5.82 Å². The normalized spacial score (nSPS) is 10.5. The fraction of sp³-hybridized carbons (Fsp3) is 0.158. The van der Waals surface area contributed by atoms with E-state index in [1.54, 1.807) is 42.5 Å². The van der Waals surface area contributed by atoms with E-state index in [1.165, 1.54) is 26.4 Å². The molecule has 0 atom stereocenters. The molecule has 0 saturated carbocycles. The molecule has 2 aromatic rings. The molecule has 0 fully saturated rings. The molecule has 27 heavy (non-hydrogen) atoms. The van der Waals surface area contributed by atoms with E-state index in [0.29, 0.717) is 16.4 Å². The van der Waals surface area contributed by atoms with Crippen LogP contribution in [0.4, 0.5) is 4.39 Å². The van der Waals surface area contributed by atoms with E-state index in [1.807, 2.05) is 0 Å². The molecular weight excluding hydrogens is 371 g/mol. The molecule has 0 aliphatic rings. The Morgan fingerprint density at radius 3 is 2.52 bits per heavy atom. The van der Waals surface area contributed by atoms with Gasteiger partial charge in [0.25, 0.3) is 5.91 Å². The van der Waals surface area contributed by atoms with E-state index in [4.69, 9.17) is 9.47 Å². The van der Waals surface area contributed by atoms with Crippen LogP contribution in [0.5, 0.6) is 11.5 Å². The summed E-state index contributed by atoms with van der Waals surface area (Å²) in [6.45, 7) is 0. The maximum absolute atomic E-state index is 13.5. The number of ether oxygens (including phenoxy) is 2. The van der Waals surface area contributed by atoms with E-state index in [0.717, 1.165) is 17.3 Å². The van der Waals surface area contributed by atoms with Crippen molar-refractivity contribution >= 4 is 29.7 Å². The Morgan fingerprint density at radius 1 is 1.07 bits per heavy atom. The molecule has 2 rings (SSSR count). The van der Waals surface area contributed by atoms with E-state index < -0.39 is 17.6 Å². The third-order valence-corrected chi connectivity index (χ3v) is 4.40. The maximum Gasteiger partial charge on any atom is 0.262 e. The van der Waals surface area contributed by atoms with Gasteiger partial charge in [-0.2, -0.15) is 0 Å². The molecule has 0 radical (unpaired) electrons. The molecule has 6 nitrogen and oxygen atoms in total. The maximum atomic E-state index is 13.5. The van der Waals surface area contributed by atoms with Crippen LogP contribution in [0.3, 0.4) is 0 Å². The Morgan fingerprint density at radius 2 is 1.81 bits per heavy atom. The van der Waals surface area contributed by atoms with Crippen molar-refractivity contribution in [1.82, 2.24) is 10.9 Å². The highest BCUT2D eigenvalue weighted by Crippen LogP contribution is 2.27. The highest BCUT2D eigenvalue weighted by molar-refractivity contribution is 8.00. The molecule has 0 bridgehead atoms. The summed E-state index contributed by atoms with van der Waals surface area (Å²) >= 11 is 1.04. The summed E-state index contributed by atoms with van der Waals surface area (Å²) in [5, 5.41) is 0. The van der Waals surface area contributed by atoms with Crippen molar-refractivity contribution in [3.8, 4) is 11.5 Å². The first-order chi connectivity index (χ1) is 13.0. The minimum Gasteiger partial charge on any atom is -0.493 e. The van der Waals surface area contributed by atoms with Crippen LogP contribution < -0.4 is 20.3 Å². The number of hydrogen-bond donors (Lipinski definition) is 2. The summed E-state index contributed by atoms with van der Waals surface area (Å²) in [6.07, 6.45) is 2.84. The predicted octanol–water partition coefficient (Wildman–Crippen LogP) is 2.80. The van der Waals surface area contributed by atoms with Crippen LogP contribution in [0.25, 0.3) is 6.08 Å². The van der Waals surface area contributed by atoms with Crippen LogP contribution in [0.15, 0.2) is 53.4 Å². The topological polar surface area (TPSA) is 76.7 Å². The number of hydrazine groups is 1. The van der Waals surface area contributed by atoms with Crippen LogP contribution in [-0.2, 0) is 9.59 Å². The molecule has 2 aromatic carbocycles. The number of rotatable bonds is 7. The number of nitrogens with one attached hydrogen (secondary N) is 2. The number of thioether (sulfide) groups is 1. The third kappa shape index (κ3) is 6.34. The summed E-state index contributed by atoms with van der Waals surface area (Å²) in [5.74, 6) is -0.250. The lowest BCUT2D eigenvalue weighted by Crippen LogP contribution is -2.41. The average Bonchev–Trinajstić information content (AvgIpc) is 2.69. The minimum absolute atomic E-state index is 0.0272. The van der Waals surface area contributed by atoms with Gasteiger partial charge in [0, 0.05) is 11.0 Å². The van der Waals surface area contributed by atoms with Crippen molar-refractivity contribution in [1.29, 1.82) is 0 Å². The molecule has 142 valence electrons. The predicted molar refractivity (Wildman–Crippen MR) is 102 cm³/mol. The number of amides is 2. The standard InChI is InChI=1S/C19H19FN2O4S/c1-25-15-9-7-13(11-16(15)26-2)8-10-18(23)21-22-19(24)12-27-17-6-4-3-5-14(17)20/h3-11H,12H2,1-2H3,(H,21,23)(H,22,24)/b10-8+. The first kappa shape index (κ1) is 20.3. The second-order valence-corrected chi connectivity index (χ2v) is 6.22. The third-order valence-electron chi connectivity index (χ3n) is 3.36. The summed E-state index contributed by atoms with van der Waals surface area (Å²) in [7, 11) is 3.06. The SMILES string of the molecule is COc1ccc(/C=C/C(=O)NNC(=O)CSc2ccccc2F)cc1OC. The zero-order valence-electron chi connectivity index (χ0n) is 14.8. The van der Waals surface area contributed by atoms with Gasteiger partial charge < -0.3 is 9.47 Å². The van der Waals surface area contributed by atoms with Crippen molar-refractivity contribution < 1.29 is 23.5 Å². The van der Waals surface area contributed by atoms with Crippen molar-refractivity contribution in [2.24, 2.45) is 0 Å². The molecule has 0 aromatic heterocycles. The Bertz CT molecular complexity index is 842. The van der Waals surface area contributed by atoms with Crippen molar-refractivity contribution in [3.05, 3.63) is 59.9 Å². The van der Waals surface area contributed by atoms with Crippen LogP contribution in [-0.4, -0.2) is 31.8 Å². The van der Waals surface area contributed by atoms with E-state index in [9.17, 15) is 14.0 Å². The second-order valence-electron chi connectivity index (χ2n) is 5.20. The fourth-order valence-corrected chi connectivity index (χ4v) is 2.78. The van der Waals surface area contributed by atoms with E-state index >= 15 is 0 Å². The van der Waals surface area contributed by atoms with E-state index in [-0.39, 0.29) is 5.75 Å². The fourth-order valence-electron chi connectivity index (χ4n) is 2.04. The van der Waals surface area contributed by atoms with Gasteiger partial charge >= 0.3 is 0 Å². The Kier molecular flexibility index (Phi) is 7.69. The number of carbonyl (C=O) groups is 2. The number of carbonyl (C=O) groups excluding carboxylic acids is 2. The van der Waals surface area contributed by atoms with E-state index in [2.05, 4.69) is 10.9 Å². The molecule has 0 unspecified atom stereocenters. The molecular formula is C19H19FN2O4S. The molecule has 8 heteroatoms. The van der Waals surface area contributed by atoms with Gasteiger partial charge in [0.15, 0.2) is 11.5 Å². The first-order valence-electron chi connectivity index (χ1n) is 7.89. The van der Waals surface area contributed by atoms with Gasteiger partial charge in [-0.15, -0.1) is 11.8 Å². The highest BCUT2D eigenvalue weighted by Gasteiger charge is 2.07. The average molecular weight is 390 g/mol. The molecule has 0 heterocycles. The number of hydrogen-bond acceptors (Lipinski definition) is 5. The number of halogens is 1. The minimum atomic E-state index is -0.506. The second kappa shape index (κ2) is 10.2. The molecule has 0 saturated heterocycles. The van der Waals surface area contributed by atoms with Gasteiger partial charge in [0.05, 0.1) is 20.0 Å². The molecule has 2 N–H and O–H groups in total. The molecule has 0 aliphatic carbocycles. The van der Waals surface area contributed by atoms with Crippen molar-refractivity contribution in [2.75, 3.05) is 20.0 Å². The van der Waals surface area contributed by atoms with Crippen LogP contribution >= 0.6 is 11.8 Å².